The summed E-state index contributed by atoms with van der Waals surface area (Å²) in [6.07, 6.45) is 2.85. The molecule has 1 heterocycles. The third-order valence-electron chi connectivity index (χ3n) is 4.55. The number of benzene rings is 1. The number of amides is 1. The molecule has 2 rings (SSSR count). The lowest BCUT2D eigenvalue weighted by Crippen LogP contribution is -2.42. The zero-order chi connectivity index (χ0) is 17.0. The second-order valence-corrected chi connectivity index (χ2v) is 6.25. The van der Waals surface area contributed by atoms with Crippen LogP contribution in [0, 0.1) is 13.8 Å². The van der Waals surface area contributed by atoms with Crippen molar-refractivity contribution in [2.45, 2.75) is 59.4 Å². The van der Waals surface area contributed by atoms with Crippen molar-refractivity contribution in [3.05, 3.63) is 34.4 Å². The third kappa shape index (κ3) is 3.92. The highest BCUT2D eigenvalue weighted by Crippen LogP contribution is 2.23. The maximum Gasteiger partial charge on any atom is 0.328 e. The Morgan fingerprint density at radius 1 is 1.26 bits per heavy atom. The molecule has 23 heavy (non-hydrogen) atoms. The number of esters is 1. The van der Waals surface area contributed by atoms with E-state index in [0.717, 1.165) is 24.0 Å². The minimum Gasteiger partial charge on any atom is -0.464 e. The maximum atomic E-state index is 12.8. The Balaban J connectivity index is 2.17. The lowest BCUT2D eigenvalue weighted by Gasteiger charge is -2.24. The van der Waals surface area contributed by atoms with Gasteiger partial charge < -0.3 is 9.64 Å². The maximum absolute atomic E-state index is 12.8. The van der Waals surface area contributed by atoms with Crippen molar-refractivity contribution < 1.29 is 14.3 Å². The van der Waals surface area contributed by atoms with Gasteiger partial charge in [-0.15, -0.1) is 0 Å². The third-order valence-corrected chi connectivity index (χ3v) is 4.55. The van der Waals surface area contributed by atoms with E-state index in [4.69, 9.17) is 4.74 Å². The summed E-state index contributed by atoms with van der Waals surface area (Å²) >= 11 is 0. The number of ether oxygens (including phenoxy) is 1. The van der Waals surface area contributed by atoms with Crippen molar-refractivity contribution >= 4 is 11.9 Å². The first-order chi connectivity index (χ1) is 11.0. The summed E-state index contributed by atoms with van der Waals surface area (Å²) in [5.41, 5.74) is 4.71. The van der Waals surface area contributed by atoms with E-state index in [1.807, 2.05) is 0 Å². The molecule has 0 aliphatic carbocycles. The highest BCUT2D eigenvalue weighted by molar-refractivity contribution is 5.86. The van der Waals surface area contributed by atoms with Crippen LogP contribution in [0.2, 0.25) is 0 Å². The molecule has 1 saturated heterocycles. The molecule has 1 amide bonds. The van der Waals surface area contributed by atoms with E-state index in [1.165, 1.54) is 11.1 Å². The summed E-state index contributed by atoms with van der Waals surface area (Å²) in [5, 5.41) is 0. The second-order valence-electron chi connectivity index (χ2n) is 6.25. The summed E-state index contributed by atoms with van der Waals surface area (Å²) in [7, 11) is 0. The quantitative estimate of drug-likeness (QED) is 0.784. The van der Waals surface area contributed by atoms with Gasteiger partial charge in [0.15, 0.2) is 0 Å². The van der Waals surface area contributed by atoms with Gasteiger partial charge in [-0.2, -0.15) is 0 Å². The molecule has 0 spiro atoms. The Morgan fingerprint density at radius 3 is 2.65 bits per heavy atom. The molecule has 1 aliphatic heterocycles. The number of rotatable bonds is 5. The van der Waals surface area contributed by atoms with Crippen LogP contribution in [-0.2, 0) is 27.2 Å². The standard InChI is InChI=1S/C19H27NO3/c1-5-15-11-13(3)10-14(4)16(15)12-18(21)20-9-7-8-17(20)19(22)23-6-2/h10-11,17H,5-9,12H2,1-4H3. The largest absolute Gasteiger partial charge is 0.464 e. The van der Waals surface area contributed by atoms with E-state index < -0.39 is 6.04 Å². The zero-order valence-electron chi connectivity index (χ0n) is 14.6. The van der Waals surface area contributed by atoms with Gasteiger partial charge in [-0.25, -0.2) is 4.79 Å². The Kier molecular flexibility index (Phi) is 5.80. The molecule has 0 N–H and O–H groups in total. The minimum absolute atomic E-state index is 0.0298. The number of likely N-dealkylation sites (tertiary alicyclic amines) is 1. The SMILES string of the molecule is CCOC(=O)C1CCCN1C(=O)Cc1c(C)cc(C)cc1CC. The number of hydrogen-bond donors (Lipinski definition) is 0. The Hall–Kier alpha value is -1.84. The molecule has 1 unspecified atom stereocenters. The van der Waals surface area contributed by atoms with Gasteiger partial charge in [-0.1, -0.05) is 24.6 Å². The molecular weight excluding hydrogens is 290 g/mol. The lowest BCUT2D eigenvalue weighted by molar-refractivity contribution is -0.152. The number of carbonyl (C=O) groups excluding carboxylic acids is 2. The van der Waals surface area contributed by atoms with Crippen LogP contribution in [0.4, 0.5) is 0 Å². The van der Waals surface area contributed by atoms with Crippen molar-refractivity contribution in [1.29, 1.82) is 0 Å². The van der Waals surface area contributed by atoms with E-state index in [1.54, 1.807) is 11.8 Å². The van der Waals surface area contributed by atoms with Crippen LogP contribution in [0.25, 0.3) is 0 Å². The van der Waals surface area contributed by atoms with Gasteiger partial charge in [-0.3, -0.25) is 4.79 Å². The van der Waals surface area contributed by atoms with E-state index >= 15 is 0 Å². The molecule has 1 fully saturated rings. The monoisotopic (exact) mass is 317 g/mol. The number of carbonyl (C=O) groups is 2. The van der Waals surface area contributed by atoms with Crippen molar-refractivity contribution in [3.8, 4) is 0 Å². The molecule has 0 bridgehead atoms. The first-order valence-electron chi connectivity index (χ1n) is 8.53. The van der Waals surface area contributed by atoms with Gasteiger partial charge in [0.1, 0.15) is 6.04 Å². The fourth-order valence-electron chi connectivity index (χ4n) is 3.46. The van der Waals surface area contributed by atoms with Crippen LogP contribution in [0.15, 0.2) is 12.1 Å². The molecule has 4 nitrogen and oxygen atoms in total. The molecule has 1 aliphatic rings. The molecule has 1 aromatic carbocycles. The van der Waals surface area contributed by atoms with Gasteiger partial charge >= 0.3 is 5.97 Å². The predicted molar refractivity (Wildman–Crippen MR) is 90.4 cm³/mol. The van der Waals surface area contributed by atoms with Crippen molar-refractivity contribution in [2.24, 2.45) is 0 Å². The Labute approximate surface area is 138 Å². The molecule has 126 valence electrons. The smallest absolute Gasteiger partial charge is 0.328 e. The molecular formula is C19H27NO3. The van der Waals surface area contributed by atoms with Gasteiger partial charge in [0, 0.05) is 6.54 Å². The van der Waals surface area contributed by atoms with Crippen LogP contribution in [-0.4, -0.2) is 36.0 Å². The number of nitrogens with zero attached hydrogens (tertiary/aromatic N) is 1. The molecule has 1 atom stereocenters. The van der Waals surface area contributed by atoms with Gasteiger partial charge in [0.05, 0.1) is 13.0 Å². The lowest BCUT2D eigenvalue weighted by atomic mass is 9.94. The van der Waals surface area contributed by atoms with Gasteiger partial charge in [-0.05, 0) is 56.7 Å². The fourth-order valence-corrected chi connectivity index (χ4v) is 3.46. The first kappa shape index (κ1) is 17.5. The predicted octanol–water partition coefficient (Wildman–Crippen LogP) is 2.96. The van der Waals surface area contributed by atoms with Gasteiger partial charge in [0.25, 0.3) is 0 Å². The Morgan fingerprint density at radius 2 is 2.00 bits per heavy atom. The molecule has 4 heteroatoms. The van der Waals surface area contributed by atoms with Crippen LogP contribution in [0.3, 0.4) is 0 Å². The van der Waals surface area contributed by atoms with E-state index in [-0.39, 0.29) is 11.9 Å². The topological polar surface area (TPSA) is 46.6 Å². The van der Waals surface area contributed by atoms with E-state index in [9.17, 15) is 9.59 Å². The zero-order valence-corrected chi connectivity index (χ0v) is 14.6. The number of hydrogen-bond acceptors (Lipinski definition) is 3. The number of aryl methyl sites for hydroxylation is 3. The van der Waals surface area contributed by atoms with Crippen molar-refractivity contribution in [2.75, 3.05) is 13.2 Å². The van der Waals surface area contributed by atoms with Gasteiger partial charge in [0.2, 0.25) is 5.91 Å². The average Bonchev–Trinajstić information content (AvgIpc) is 2.99. The summed E-state index contributed by atoms with van der Waals surface area (Å²) in [5.74, 6) is -0.239. The first-order valence-corrected chi connectivity index (χ1v) is 8.53. The van der Waals surface area contributed by atoms with Crippen LogP contribution < -0.4 is 0 Å². The normalized spacial score (nSPS) is 17.4. The highest BCUT2D eigenvalue weighted by atomic mass is 16.5. The summed E-state index contributed by atoms with van der Waals surface area (Å²) in [6, 6.07) is 3.87. The molecule has 1 aromatic rings. The van der Waals surface area contributed by atoms with E-state index in [2.05, 4.69) is 32.9 Å². The van der Waals surface area contributed by atoms with Crippen molar-refractivity contribution in [3.63, 3.8) is 0 Å². The molecule has 0 saturated carbocycles. The van der Waals surface area contributed by atoms with E-state index in [0.29, 0.717) is 26.0 Å². The van der Waals surface area contributed by atoms with Crippen LogP contribution in [0.1, 0.15) is 48.9 Å². The molecule has 0 aromatic heterocycles. The van der Waals surface area contributed by atoms with Crippen LogP contribution >= 0.6 is 0 Å². The molecule has 0 radical (unpaired) electrons. The van der Waals surface area contributed by atoms with Crippen LogP contribution in [0.5, 0.6) is 0 Å². The average molecular weight is 317 g/mol. The fraction of sp³-hybridized carbons (Fsp3) is 0.579. The minimum atomic E-state index is -0.404. The second kappa shape index (κ2) is 7.62. The Bertz CT molecular complexity index is 595. The summed E-state index contributed by atoms with van der Waals surface area (Å²) in [4.78, 5) is 26.5. The summed E-state index contributed by atoms with van der Waals surface area (Å²) < 4.78 is 5.11. The highest BCUT2D eigenvalue weighted by Gasteiger charge is 2.35. The summed E-state index contributed by atoms with van der Waals surface area (Å²) in [6.45, 7) is 9.04. The van der Waals surface area contributed by atoms with Crippen molar-refractivity contribution in [1.82, 2.24) is 4.90 Å².